The Morgan fingerprint density at radius 2 is 1.56 bits per heavy atom. The van der Waals surface area contributed by atoms with E-state index in [9.17, 15) is 9.59 Å². The van der Waals surface area contributed by atoms with Gasteiger partial charge in [0.1, 0.15) is 0 Å². The van der Waals surface area contributed by atoms with E-state index < -0.39 is 11.9 Å². The predicted molar refractivity (Wildman–Crippen MR) is 97.3 cm³/mol. The number of alkyl halides is 1. The zero-order valence-corrected chi connectivity index (χ0v) is 15.5. The smallest absolute Gasteiger partial charge is 0.343 e. The fourth-order valence-electron chi connectivity index (χ4n) is 2.01. The monoisotopic (exact) mass is 360 g/mol. The Labute approximate surface area is 152 Å². The van der Waals surface area contributed by atoms with Crippen LogP contribution in [-0.2, 0) is 4.79 Å². The zero-order valence-electron chi connectivity index (χ0n) is 14.7. The van der Waals surface area contributed by atoms with Crippen molar-refractivity contribution >= 4 is 23.5 Å². The first-order chi connectivity index (χ1) is 11.8. The molecule has 0 aliphatic heterocycles. The number of esters is 2. The molecule has 4 nitrogen and oxygen atoms in total. The van der Waals surface area contributed by atoms with Crippen LogP contribution < -0.4 is 9.47 Å². The van der Waals surface area contributed by atoms with Crippen molar-refractivity contribution in [2.45, 2.75) is 33.1 Å². The highest BCUT2D eigenvalue weighted by atomic mass is 35.5. The minimum absolute atomic E-state index is 0.171. The van der Waals surface area contributed by atoms with Crippen molar-refractivity contribution in [1.29, 1.82) is 0 Å². The Balaban J connectivity index is 2.31. The van der Waals surface area contributed by atoms with Crippen LogP contribution >= 0.6 is 11.6 Å². The van der Waals surface area contributed by atoms with Gasteiger partial charge in [-0.1, -0.05) is 37.6 Å². The summed E-state index contributed by atoms with van der Waals surface area (Å²) >= 11 is 6.11. The van der Waals surface area contributed by atoms with Crippen LogP contribution in [-0.4, -0.2) is 11.9 Å². The van der Waals surface area contributed by atoms with E-state index in [2.05, 4.69) is 0 Å². The first-order valence-corrected chi connectivity index (χ1v) is 8.50. The van der Waals surface area contributed by atoms with Gasteiger partial charge >= 0.3 is 11.9 Å². The summed E-state index contributed by atoms with van der Waals surface area (Å²) in [6, 6.07) is 12.0. The van der Waals surface area contributed by atoms with Crippen LogP contribution in [0, 0.1) is 12.8 Å². The van der Waals surface area contributed by atoms with Gasteiger partial charge in [-0.3, -0.25) is 4.79 Å². The molecule has 2 aromatic rings. The lowest BCUT2D eigenvalue weighted by Crippen LogP contribution is -2.16. The Hall–Kier alpha value is -2.33. The normalized spacial score (nSPS) is 11.9. The van der Waals surface area contributed by atoms with Crippen LogP contribution in [0.5, 0.6) is 11.5 Å². The maximum Gasteiger partial charge on any atom is 0.343 e. The van der Waals surface area contributed by atoms with Crippen molar-refractivity contribution < 1.29 is 19.1 Å². The number of hydrogen-bond acceptors (Lipinski definition) is 4. The third-order valence-corrected chi connectivity index (χ3v) is 3.85. The molecular formula is C20H21ClO4. The molecule has 0 heterocycles. The molecule has 0 radical (unpaired) electrons. The molecule has 132 valence electrons. The largest absolute Gasteiger partial charge is 0.422 e. The highest BCUT2D eigenvalue weighted by Crippen LogP contribution is 2.33. The molecular weight excluding hydrogens is 340 g/mol. The van der Waals surface area contributed by atoms with Crippen LogP contribution in [0.25, 0.3) is 0 Å². The molecule has 0 bridgehead atoms. The Morgan fingerprint density at radius 1 is 0.920 bits per heavy atom. The van der Waals surface area contributed by atoms with Crippen molar-refractivity contribution in [1.82, 2.24) is 0 Å². The third kappa shape index (κ3) is 5.07. The molecule has 1 atom stereocenters. The Bertz CT molecular complexity index is 764. The van der Waals surface area contributed by atoms with Crippen LogP contribution in [0.3, 0.4) is 0 Å². The summed E-state index contributed by atoms with van der Waals surface area (Å²) in [5, 5.41) is -0.272. The number of aryl methyl sites for hydroxylation is 1. The molecule has 1 unspecified atom stereocenters. The van der Waals surface area contributed by atoms with Gasteiger partial charge in [-0.05, 0) is 43.7 Å². The van der Waals surface area contributed by atoms with Gasteiger partial charge in [-0.15, -0.1) is 11.6 Å². The summed E-state index contributed by atoms with van der Waals surface area (Å²) in [6.45, 7) is 7.21. The standard InChI is InChI=1S/C20H21ClO4/c1-12(2)19(22)24-17-10-9-16(14(4)21)11-18(17)25-20(23)15-7-5-13(3)6-8-15/h5-12,14H,1-4H3. The average molecular weight is 361 g/mol. The summed E-state index contributed by atoms with van der Waals surface area (Å²) in [4.78, 5) is 24.3. The number of hydrogen-bond donors (Lipinski definition) is 0. The summed E-state index contributed by atoms with van der Waals surface area (Å²) in [6.07, 6.45) is 0. The summed E-state index contributed by atoms with van der Waals surface area (Å²) < 4.78 is 10.8. The first kappa shape index (κ1) is 19.0. The van der Waals surface area contributed by atoms with Gasteiger partial charge in [0.2, 0.25) is 0 Å². The number of halogens is 1. The topological polar surface area (TPSA) is 52.6 Å². The van der Waals surface area contributed by atoms with Crippen molar-refractivity contribution in [2.75, 3.05) is 0 Å². The second-order valence-electron chi connectivity index (χ2n) is 6.15. The lowest BCUT2D eigenvalue weighted by molar-refractivity contribution is -0.137. The zero-order chi connectivity index (χ0) is 18.6. The van der Waals surface area contributed by atoms with E-state index in [-0.39, 0.29) is 22.8 Å². The van der Waals surface area contributed by atoms with Gasteiger partial charge < -0.3 is 9.47 Å². The summed E-state index contributed by atoms with van der Waals surface area (Å²) in [5.41, 5.74) is 2.22. The van der Waals surface area contributed by atoms with Gasteiger partial charge in [0.25, 0.3) is 0 Å². The molecule has 25 heavy (non-hydrogen) atoms. The van der Waals surface area contributed by atoms with Gasteiger partial charge in [-0.25, -0.2) is 4.79 Å². The molecule has 0 aromatic heterocycles. The molecule has 0 saturated carbocycles. The first-order valence-electron chi connectivity index (χ1n) is 8.06. The molecule has 0 amide bonds. The fourth-order valence-corrected chi connectivity index (χ4v) is 2.15. The third-order valence-electron chi connectivity index (χ3n) is 3.60. The average Bonchev–Trinajstić information content (AvgIpc) is 2.56. The van der Waals surface area contributed by atoms with E-state index in [0.717, 1.165) is 11.1 Å². The number of benzene rings is 2. The molecule has 0 aliphatic rings. The van der Waals surface area contributed by atoms with Crippen LogP contribution in [0.4, 0.5) is 0 Å². The maximum atomic E-state index is 12.4. The number of carbonyl (C=O) groups is 2. The Kier molecular flexibility index (Phi) is 6.21. The number of rotatable bonds is 5. The summed E-state index contributed by atoms with van der Waals surface area (Å²) in [5.74, 6) is -0.863. The molecule has 0 fully saturated rings. The molecule has 2 aromatic carbocycles. The summed E-state index contributed by atoms with van der Waals surface area (Å²) in [7, 11) is 0. The molecule has 2 rings (SSSR count). The van der Waals surface area contributed by atoms with E-state index in [1.165, 1.54) is 0 Å². The SMILES string of the molecule is Cc1ccc(C(=O)Oc2cc(C(C)Cl)ccc2OC(=O)C(C)C)cc1. The Morgan fingerprint density at radius 3 is 2.12 bits per heavy atom. The van der Waals surface area contributed by atoms with Crippen LogP contribution in [0.2, 0.25) is 0 Å². The molecule has 0 N–H and O–H groups in total. The van der Waals surface area contributed by atoms with Gasteiger partial charge in [-0.2, -0.15) is 0 Å². The second kappa shape index (κ2) is 8.17. The minimum atomic E-state index is -0.527. The van der Waals surface area contributed by atoms with E-state index in [4.69, 9.17) is 21.1 Å². The highest BCUT2D eigenvalue weighted by Gasteiger charge is 2.18. The van der Waals surface area contributed by atoms with Crippen molar-refractivity contribution in [3.8, 4) is 11.5 Å². The maximum absolute atomic E-state index is 12.4. The van der Waals surface area contributed by atoms with Crippen LogP contribution in [0.15, 0.2) is 42.5 Å². The second-order valence-corrected chi connectivity index (χ2v) is 6.81. The van der Waals surface area contributed by atoms with Gasteiger partial charge in [0, 0.05) is 0 Å². The number of carbonyl (C=O) groups excluding carboxylic acids is 2. The fraction of sp³-hybridized carbons (Fsp3) is 0.300. The van der Waals surface area contributed by atoms with Crippen molar-refractivity contribution in [2.24, 2.45) is 5.92 Å². The molecule has 5 heteroatoms. The van der Waals surface area contributed by atoms with E-state index in [0.29, 0.717) is 5.56 Å². The minimum Gasteiger partial charge on any atom is -0.422 e. The van der Waals surface area contributed by atoms with Gasteiger partial charge in [0.05, 0.1) is 16.9 Å². The highest BCUT2D eigenvalue weighted by molar-refractivity contribution is 6.20. The van der Waals surface area contributed by atoms with E-state index >= 15 is 0 Å². The van der Waals surface area contributed by atoms with Gasteiger partial charge in [0.15, 0.2) is 11.5 Å². The molecule has 0 saturated heterocycles. The molecule has 0 aliphatic carbocycles. The lowest BCUT2D eigenvalue weighted by atomic mass is 10.1. The van der Waals surface area contributed by atoms with Crippen molar-refractivity contribution in [3.63, 3.8) is 0 Å². The molecule has 0 spiro atoms. The van der Waals surface area contributed by atoms with E-state index in [1.54, 1.807) is 44.2 Å². The quantitative estimate of drug-likeness (QED) is 0.424. The van der Waals surface area contributed by atoms with Crippen molar-refractivity contribution in [3.05, 3.63) is 59.2 Å². The lowest BCUT2D eigenvalue weighted by Gasteiger charge is -2.14. The van der Waals surface area contributed by atoms with E-state index in [1.807, 2.05) is 26.0 Å². The van der Waals surface area contributed by atoms with Crippen LogP contribution in [0.1, 0.15) is 47.6 Å². The number of ether oxygens (including phenoxy) is 2. The predicted octanol–water partition coefficient (Wildman–Crippen LogP) is 5.08.